The molecule has 5 nitrogen and oxygen atoms in total. The molecule has 2 fully saturated rings. The first kappa shape index (κ1) is 16.7. The van der Waals surface area contributed by atoms with Crippen LogP contribution in [0.3, 0.4) is 0 Å². The second-order valence-electron chi connectivity index (χ2n) is 6.13. The Morgan fingerprint density at radius 3 is 2.67 bits per heavy atom. The Balaban J connectivity index is 1.71. The van der Waals surface area contributed by atoms with Crippen LogP contribution in [0.25, 0.3) is 0 Å². The number of hydrogen-bond acceptors (Lipinski definition) is 4. The maximum atomic E-state index is 12.4. The van der Waals surface area contributed by atoms with Gasteiger partial charge in [0.15, 0.2) is 0 Å². The number of nitrogens with zero attached hydrogens (tertiary/aromatic N) is 2. The van der Waals surface area contributed by atoms with Gasteiger partial charge in [0.1, 0.15) is 0 Å². The summed E-state index contributed by atoms with van der Waals surface area (Å²) in [7, 11) is 0. The number of rotatable bonds is 6. The van der Waals surface area contributed by atoms with Crippen molar-refractivity contribution < 1.29 is 9.53 Å². The average Bonchev–Trinajstić information content (AvgIpc) is 2.77. The molecule has 0 saturated carbocycles. The highest BCUT2D eigenvalue weighted by atomic mass is 16.5. The Labute approximate surface area is 129 Å². The van der Waals surface area contributed by atoms with E-state index in [1.54, 1.807) is 0 Å². The minimum absolute atomic E-state index is 0.0542. The van der Waals surface area contributed by atoms with Gasteiger partial charge in [0.25, 0.3) is 0 Å². The van der Waals surface area contributed by atoms with Gasteiger partial charge in [-0.1, -0.05) is 12.8 Å². The van der Waals surface area contributed by atoms with Crippen LogP contribution in [0.4, 0.5) is 0 Å². The zero-order valence-electron chi connectivity index (χ0n) is 13.5. The van der Waals surface area contributed by atoms with Crippen LogP contribution in [-0.2, 0) is 9.53 Å². The van der Waals surface area contributed by atoms with Gasteiger partial charge in [-0.15, -0.1) is 0 Å². The molecule has 122 valence electrons. The van der Waals surface area contributed by atoms with E-state index < -0.39 is 0 Å². The highest BCUT2D eigenvalue weighted by Crippen LogP contribution is 2.10. The molecule has 2 aliphatic rings. The molecular formula is C16H31N3O2. The van der Waals surface area contributed by atoms with Crippen molar-refractivity contribution in [3.05, 3.63) is 0 Å². The van der Waals surface area contributed by atoms with E-state index in [2.05, 4.69) is 17.1 Å². The summed E-state index contributed by atoms with van der Waals surface area (Å²) in [5.41, 5.74) is 0. The molecule has 1 atom stereocenters. The molecule has 5 heteroatoms. The maximum absolute atomic E-state index is 12.4. The first-order valence-electron chi connectivity index (χ1n) is 8.62. The van der Waals surface area contributed by atoms with E-state index in [4.69, 9.17) is 4.74 Å². The van der Waals surface area contributed by atoms with E-state index in [1.165, 1.54) is 38.8 Å². The molecule has 2 aliphatic heterocycles. The van der Waals surface area contributed by atoms with E-state index in [9.17, 15) is 4.79 Å². The molecule has 0 aliphatic carbocycles. The van der Waals surface area contributed by atoms with Crippen LogP contribution in [0.2, 0.25) is 0 Å². The quantitative estimate of drug-likeness (QED) is 0.797. The highest BCUT2D eigenvalue weighted by molar-refractivity contribution is 5.76. The Morgan fingerprint density at radius 2 is 2.05 bits per heavy atom. The van der Waals surface area contributed by atoms with E-state index in [1.807, 2.05) is 4.90 Å². The highest BCUT2D eigenvalue weighted by Gasteiger charge is 2.21. The molecule has 0 aromatic carbocycles. The number of likely N-dealkylation sites (tertiary alicyclic amines) is 1. The maximum Gasteiger partial charge on any atom is 0.225 e. The molecule has 0 bridgehead atoms. The number of likely N-dealkylation sites (N-methyl/N-ethyl adjacent to an activating group) is 1. The largest absolute Gasteiger partial charge is 0.375 e. The predicted octanol–water partition coefficient (Wildman–Crippen LogP) is 1.09. The third-order valence-corrected chi connectivity index (χ3v) is 4.53. The fraction of sp³-hybridized carbons (Fsp3) is 0.938. The Hall–Kier alpha value is -0.650. The van der Waals surface area contributed by atoms with Crippen molar-refractivity contribution in [3.63, 3.8) is 0 Å². The first-order valence-corrected chi connectivity index (χ1v) is 8.62. The van der Waals surface area contributed by atoms with Crippen molar-refractivity contribution in [2.75, 3.05) is 52.4 Å². The molecule has 2 saturated heterocycles. The Morgan fingerprint density at radius 1 is 1.29 bits per heavy atom. The van der Waals surface area contributed by atoms with Crippen molar-refractivity contribution in [3.8, 4) is 0 Å². The summed E-state index contributed by atoms with van der Waals surface area (Å²) < 4.78 is 5.63. The summed E-state index contributed by atoms with van der Waals surface area (Å²) in [6, 6.07) is 0. The van der Waals surface area contributed by atoms with Crippen LogP contribution in [0.1, 0.15) is 39.0 Å². The number of carbonyl (C=O) groups excluding carboxylic acids is 1. The molecule has 0 radical (unpaired) electrons. The topological polar surface area (TPSA) is 44.8 Å². The first-order chi connectivity index (χ1) is 10.3. The summed E-state index contributed by atoms with van der Waals surface area (Å²) in [5.74, 6) is 0.237. The molecule has 0 aromatic heterocycles. The van der Waals surface area contributed by atoms with Gasteiger partial charge < -0.3 is 19.9 Å². The van der Waals surface area contributed by atoms with Crippen LogP contribution >= 0.6 is 0 Å². The van der Waals surface area contributed by atoms with E-state index in [0.29, 0.717) is 6.42 Å². The molecule has 2 rings (SSSR count). The summed E-state index contributed by atoms with van der Waals surface area (Å²) in [4.78, 5) is 16.9. The van der Waals surface area contributed by atoms with Crippen molar-refractivity contribution in [2.45, 2.75) is 45.1 Å². The van der Waals surface area contributed by atoms with Crippen LogP contribution < -0.4 is 5.32 Å². The number of nitrogens with one attached hydrogen (secondary N) is 1. The Kier molecular flexibility index (Phi) is 7.47. The van der Waals surface area contributed by atoms with Gasteiger partial charge in [0.05, 0.1) is 19.1 Å². The average molecular weight is 297 g/mol. The van der Waals surface area contributed by atoms with Gasteiger partial charge >= 0.3 is 0 Å². The third kappa shape index (κ3) is 5.93. The van der Waals surface area contributed by atoms with Gasteiger partial charge in [-0.05, 0) is 32.9 Å². The molecule has 2 heterocycles. The third-order valence-electron chi connectivity index (χ3n) is 4.53. The van der Waals surface area contributed by atoms with Crippen molar-refractivity contribution in [2.24, 2.45) is 0 Å². The predicted molar refractivity (Wildman–Crippen MR) is 84.4 cm³/mol. The zero-order chi connectivity index (χ0) is 14.9. The van der Waals surface area contributed by atoms with Crippen molar-refractivity contribution >= 4 is 5.91 Å². The summed E-state index contributed by atoms with van der Waals surface area (Å²) >= 11 is 0. The lowest BCUT2D eigenvalue weighted by atomic mass is 10.2. The number of hydrogen-bond donors (Lipinski definition) is 1. The summed E-state index contributed by atoms with van der Waals surface area (Å²) in [6.07, 6.45) is 5.90. The van der Waals surface area contributed by atoms with Crippen LogP contribution in [0.15, 0.2) is 0 Å². The lowest BCUT2D eigenvalue weighted by Gasteiger charge is -2.29. The molecule has 21 heavy (non-hydrogen) atoms. The lowest BCUT2D eigenvalue weighted by molar-refractivity contribution is -0.134. The molecular weight excluding hydrogens is 266 g/mol. The smallest absolute Gasteiger partial charge is 0.225 e. The molecule has 0 unspecified atom stereocenters. The van der Waals surface area contributed by atoms with Gasteiger partial charge in [-0.25, -0.2) is 0 Å². The van der Waals surface area contributed by atoms with Crippen molar-refractivity contribution in [1.82, 2.24) is 15.1 Å². The van der Waals surface area contributed by atoms with Gasteiger partial charge in [-0.2, -0.15) is 0 Å². The normalized spacial score (nSPS) is 24.5. The number of amides is 1. The zero-order valence-corrected chi connectivity index (χ0v) is 13.5. The molecule has 0 aromatic rings. The molecule has 1 amide bonds. The van der Waals surface area contributed by atoms with Crippen molar-refractivity contribution in [1.29, 1.82) is 0 Å². The second kappa shape index (κ2) is 9.38. The van der Waals surface area contributed by atoms with Gasteiger partial charge in [-0.3, -0.25) is 4.79 Å². The van der Waals surface area contributed by atoms with Gasteiger partial charge in [0.2, 0.25) is 5.91 Å². The monoisotopic (exact) mass is 297 g/mol. The molecule has 0 spiro atoms. The van der Waals surface area contributed by atoms with Crippen LogP contribution in [0, 0.1) is 0 Å². The fourth-order valence-electron chi connectivity index (χ4n) is 3.16. The summed E-state index contributed by atoms with van der Waals surface area (Å²) in [5, 5.41) is 3.28. The lowest BCUT2D eigenvalue weighted by Crippen LogP contribution is -2.44. The summed E-state index contributed by atoms with van der Waals surface area (Å²) in [6.45, 7) is 9.55. The van der Waals surface area contributed by atoms with Crippen LogP contribution in [-0.4, -0.2) is 74.2 Å². The minimum Gasteiger partial charge on any atom is -0.375 e. The number of carbonyl (C=O) groups is 1. The number of morpholine rings is 1. The van der Waals surface area contributed by atoms with E-state index in [-0.39, 0.29) is 12.0 Å². The number of ether oxygens (including phenoxy) is 1. The molecule has 1 N–H and O–H groups in total. The second-order valence-corrected chi connectivity index (χ2v) is 6.13. The SMILES string of the molecule is CCN(CCN1CCCCCC1)C(=O)C[C@@H]1CNCCO1. The minimum atomic E-state index is 0.0542. The van der Waals surface area contributed by atoms with Crippen LogP contribution in [0.5, 0.6) is 0 Å². The van der Waals surface area contributed by atoms with E-state index in [0.717, 1.165) is 39.3 Å². The Bertz CT molecular complexity index is 298. The fourth-order valence-corrected chi connectivity index (χ4v) is 3.16. The van der Waals surface area contributed by atoms with Gasteiger partial charge in [0, 0.05) is 32.7 Å². The standard InChI is InChI=1S/C16H31N3O2/c1-2-19(11-10-18-8-5-3-4-6-9-18)16(20)13-15-14-17-7-12-21-15/h15,17H,2-14H2,1H3/t15-/m1/s1. The van der Waals surface area contributed by atoms with E-state index >= 15 is 0 Å².